The fraction of sp³-hybridized carbons (Fsp3) is 0.434. The van der Waals surface area contributed by atoms with Crippen LogP contribution < -0.4 is 5.32 Å². The van der Waals surface area contributed by atoms with Gasteiger partial charge in [-0.15, -0.1) is 30.6 Å². The Kier molecular flexibility index (Phi) is 17.3. The van der Waals surface area contributed by atoms with Crippen LogP contribution in [0.4, 0.5) is 8.78 Å². The second-order valence-corrected chi connectivity index (χ2v) is 18.6. The molecule has 0 bridgehead atoms. The summed E-state index contributed by atoms with van der Waals surface area (Å²) in [4.78, 5) is 25.7. The monoisotopic (exact) mass is 985 g/mol. The van der Waals surface area contributed by atoms with Crippen molar-refractivity contribution >= 4 is 23.2 Å². The molecular weight excluding hydrogens is 919 g/mol. The van der Waals surface area contributed by atoms with Crippen molar-refractivity contribution < 1.29 is 23.5 Å². The van der Waals surface area contributed by atoms with Crippen LogP contribution >= 0.6 is 0 Å². The first-order valence-corrected chi connectivity index (χ1v) is 24.4. The minimum Gasteiger partial charge on any atom is -0.481 e. The molecule has 0 atom stereocenters. The number of nitrogens with one attached hydrogen (secondary N) is 1. The number of carboxylic acid groups (broad SMARTS) is 1. The summed E-state index contributed by atoms with van der Waals surface area (Å²) in [5, 5.41) is 46.6. The summed E-state index contributed by atoms with van der Waals surface area (Å²) in [6.07, 6.45) is 8.16. The van der Waals surface area contributed by atoms with Crippen molar-refractivity contribution in [2.24, 2.45) is 11.8 Å². The van der Waals surface area contributed by atoms with Crippen LogP contribution in [0.1, 0.15) is 103 Å². The molecule has 0 spiro atoms. The molecule has 6 aromatic heterocycles. The molecule has 8 heterocycles. The van der Waals surface area contributed by atoms with E-state index >= 15 is 0 Å². The fourth-order valence-corrected chi connectivity index (χ4v) is 9.52. The highest BCUT2D eigenvalue weighted by Gasteiger charge is 2.24. The van der Waals surface area contributed by atoms with E-state index in [9.17, 15) is 18.4 Å². The van der Waals surface area contributed by atoms with Crippen molar-refractivity contribution in [3.63, 3.8) is 0 Å². The molecule has 0 unspecified atom stereocenters. The molecule has 2 aromatic carbocycles. The lowest BCUT2D eigenvalue weighted by Gasteiger charge is -2.32. The van der Waals surface area contributed by atoms with Gasteiger partial charge in [0.1, 0.15) is 11.6 Å². The van der Waals surface area contributed by atoms with Gasteiger partial charge in [0.05, 0.1) is 11.4 Å². The number of carbonyl (C=O) groups excluding carboxylic acids is 1. The maximum Gasteiger partial charge on any atom is 0.303 e. The molecule has 380 valence electrons. The first-order valence-electron chi connectivity index (χ1n) is 24.4. The number of halogens is 2. The lowest BCUT2D eigenvalue weighted by atomic mass is 9.90. The van der Waals surface area contributed by atoms with Crippen molar-refractivity contribution in [3.05, 3.63) is 141 Å². The van der Waals surface area contributed by atoms with Crippen molar-refractivity contribution in [2.45, 2.75) is 113 Å². The summed E-state index contributed by atoms with van der Waals surface area (Å²) in [5.41, 5.74) is 9.45. The molecule has 1 amide bonds. The molecule has 10 rings (SSSR count). The van der Waals surface area contributed by atoms with E-state index < -0.39 is 5.97 Å². The number of amides is 1. The van der Waals surface area contributed by atoms with Gasteiger partial charge < -0.3 is 15.3 Å². The Balaban J connectivity index is 0.000000175. The molecule has 72 heavy (non-hydrogen) atoms. The standard InChI is InChI=1S/C26H30FN7O.C14H16N6O2.C12H16FN.CH4/c1-17-23(18(2)33(30-17)25-10-9-24-29-28-19(3)34(24)31-25)8-11-26(35)32-14-12-21(13-15-32)16-20-4-6-22(27)7-5-20;1-8-11(4-7-14(21)22)9(2)19(17-8)13-6-5-12-16-15-10(3)20(12)18-13;13-12-3-1-10(2-4-12)9-11-5-7-14-8-6-11;/h4-7,9-10,21H,8,11-16H2,1-3H3;5-6H,4,7H2,1-3H3,(H,21,22);1-4,11,14H,5-9H2;1H4. The number of aromatic nitrogens is 12. The SMILES string of the molecule is C.Cc1nn(-c2ccc3nnc(C)n3n2)c(C)c1CCC(=O)N1CCC(Cc2ccc(F)cc2)CC1.Cc1nn(-c2ccc3nnc(C)n3n2)c(C)c1CCC(=O)O.Fc1ccc(CC2CCNCC2)cc1. The van der Waals surface area contributed by atoms with E-state index in [1.165, 1.54) is 30.5 Å². The van der Waals surface area contributed by atoms with Gasteiger partial charge in [-0.25, -0.2) is 18.1 Å². The molecule has 2 saturated heterocycles. The minimum absolute atomic E-state index is 0. The number of rotatable bonds is 12. The zero-order valence-corrected chi connectivity index (χ0v) is 41.3. The Bertz CT molecular complexity index is 3090. The first-order chi connectivity index (χ1) is 34.2. The molecular formula is C53H66F2N14O3. The third-order valence-electron chi connectivity index (χ3n) is 13.6. The molecule has 2 fully saturated rings. The number of benzene rings is 2. The van der Waals surface area contributed by atoms with Crippen LogP contribution in [0.15, 0.2) is 72.8 Å². The average Bonchev–Trinajstić information content (AvgIpc) is 4.10. The number of hydrogen-bond donors (Lipinski definition) is 2. The normalized spacial score (nSPS) is 14.1. The van der Waals surface area contributed by atoms with Gasteiger partial charge in [0.15, 0.2) is 34.6 Å². The van der Waals surface area contributed by atoms with Crippen LogP contribution in [0.3, 0.4) is 0 Å². The minimum atomic E-state index is -0.814. The molecule has 8 aromatic rings. The molecule has 2 aliphatic heterocycles. The smallest absolute Gasteiger partial charge is 0.303 e. The second-order valence-electron chi connectivity index (χ2n) is 18.6. The van der Waals surface area contributed by atoms with Gasteiger partial charge in [-0.3, -0.25) is 9.59 Å². The van der Waals surface area contributed by atoms with Crippen molar-refractivity contribution in [2.75, 3.05) is 26.2 Å². The predicted molar refractivity (Wildman–Crippen MR) is 270 cm³/mol. The number of carboxylic acids is 1. The first kappa shape index (κ1) is 52.5. The van der Waals surface area contributed by atoms with Gasteiger partial charge in [-0.2, -0.15) is 19.2 Å². The topological polar surface area (TPSA) is 191 Å². The van der Waals surface area contributed by atoms with Crippen molar-refractivity contribution in [1.82, 2.24) is 69.4 Å². The van der Waals surface area contributed by atoms with Crippen LogP contribution in [-0.4, -0.2) is 107 Å². The van der Waals surface area contributed by atoms with E-state index in [-0.39, 0.29) is 31.4 Å². The molecule has 0 radical (unpaired) electrons. The summed E-state index contributed by atoms with van der Waals surface area (Å²) >= 11 is 0. The van der Waals surface area contributed by atoms with Gasteiger partial charge in [0.25, 0.3) is 0 Å². The quantitative estimate of drug-likeness (QED) is 0.120. The van der Waals surface area contributed by atoms with Crippen molar-refractivity contribution in [3.8, 4) is 11.6 Å². The number of nitrogens with zero attached hydrogens (tertiary/aromatic N) is 13. The maximum atomic E-state index is 13.1. The highest BCUT2D eigenvalue weighted by molar-refractivity contribution is 5.76. The summed E-state index contributed by atoms with van der Waals surface area (Å²) in [6, 6.07) is 21.1. The van der Waals surface area contributed by atoms with Crippen LogP contribution in [0.2, 0.25) is 0 Å². The Hall–Kier alpha value is -7.28. The van der Waals surface area contributed by atoms with E-state index in [0.717, 1.165) is 103 Å². The third-order valence-corrected chi connectivity index (χ3v) is 13.6. The van der Waals surface area contributed by atoms with Crippen LogP contribution in [0.25, 0.3) is 22.9 Å². The maximum absolute atomic E-state index is 13.1. The van der Waals surface area contributed by atoms with E-state index in [0.29, 0.717) is 53.9 Å². The largest absolute Gasteiger partial charge is 0.481 e. The average molecular weight is 985 g/mol. The van der Waals surface area contributed by atoms with Crippen LogP contribution in [-0.2, 0) is 35.3 Å². The van der Waals surface area contributed by atoms with Crippen molar-refractivity contribution in [1.29, 1.82) is 0 Å². The zero-order chi connectivity index (χ0) is 50.2. The number of likely N-dealkylation sites (tertiary alicyclic amines) is 1. The highest BCUT2D eigenvalue weighted by atomic mass is 19.1. The molecule has 19 heteroatoms. The Morgan fingerprint density at radius 2 is 1.01 bits per heavy atom. The molecule has 2 N–H and O–H groups in total. The summed E-state index contributed by atoms with van der Waals surface area (Å²) in [5.74, 6) is 3.11. The van der Waals surface area contributed by atoms with Gasteiger partial charge in [0.2, 0.25) is 5.91 Å². The lowest BCUT2D eigenvalue weighted by Crippen LogP contribution is -2.39. The zero-order valence-electron chi connectivity index (χ0n) is 41.3. The van der Waals surface area contributed by atoms with Gasteiger partial charge >= 0.3 is 5.97 Å². The third kappa shape index (κ3) is 12.8. The Morgan fingerprint density at radius 1 is 0.583 bits per heavy atom. The lowest BCUT2D eigenvalue weighted by molar-refractivity contribution is -0.137. The fourth-order valence-electron chi connectivity index (χ4n) is 9.52. The number of carbonyl (C=O) groups is 2. The number of hydrogen-bond acceptors (Lipinski definition) is 11. The van der Waals surface area contributed by atoms with Gasteiger partial charge in [-0.05, 0) is 189 Å². The molecule has 2 aliphatic rings. The summed E-state index contributed by atoms with van der Waals surface area (Å²) in [7, 11) is 0. The Morgan fingerprint density at radius 3 is 1.46 bits per heavy atom. The van der Waals surface area contributed by atoms with Gasteiger partial charge in [-0.1, -0.05) is 31.7 Å². The molecule has 0 aliphatic carbocycles. The summed E-state index contributed by atoms with van der Waals surface area (Å²) in [6.45, 7) is 15.3. The highest BCUT2D eigenvalue weighted by Crippen LogP contribution is 2.25. The molecule has 17 nitrogen and oxygen atoms in total. The number of aryl methyl sites for hydroxylation is 4. The summed E-state index contributed by atoms with van der Waals surface area (Å²) < 4.78 is 32.7. The van der Waals surface area contributed by atoms with Crippen LogP contribution in [0, 0.1) is 65.0 Å². The van der Waals surface area contributed by atoms with E-state index in [2.05, 4.69) is 41.0 Å². The van der Waals surface area contributed by atoms with E-state index in [4.69, 9.17) is 10.2 Å². The van der Waals surface area contributed by atoms with E-state index in [1.807, 2.05) is 99.7 Å². The number of piperidine rings is 2. The molecule has 0 saturated carbocycles. The Labute approximate surface area is 418 Å². The predicted octanol–water partition coefficient (Wildman–Crippen LogP) is 8.04. The number of aliphatic carboxylic acids is 1. The second kappa shape index (κ2) is 23.8. The van der Waals surface area contributed by atoms with Crippen LogP contribution in [0.5, 0.6) is 0 Å². The van der Waals surface area contributed by atoms with E-state index in [1.54, 1.807) is 25.8 Å². The van der Waals surface area contributed by atoms with Gasteiger partial charge in [0, 0.05) is 37.3 Å². The number of fused-ring (bicyclic) bond motifs is 2.